The van der Waals surface area contributed by atoms with Crippen molar-refractivity contribution in [1.29, 1.82) is 0 Å². The topological polar surface area (TPSA) is 74.9 Å². The molecule has 1 atom stereocenters. The van der Waals surface area contributed by atoms with Crippen molar-refractivity contribution in [3.8, 4) is 0 Å². The first-order valence-corrected chi connectivity index (χ1v) is 6.10. The third-order valence-corrected chi connectivity index (χ3v) is 3.29. The molecule has 0 saturated carbocycles. The number of β-amino-alcohol motifs (C(OH)–C–C–N with tert-alkyl or cyclic N) is 1. The summed E-state index contributed by atoms with van der Waals surface area (Å²) >= 11 is 0. The number of pyridine rings is 1. The lowest BCUT2D eigenvalue weighted by Crippen LogP contribution is -2.35. The second-order valence-corrected chi connectivity index (χ2v) is 4.60. The molecular weight excluding hydrogens is 246 g/mol. The van der Waals surface area contributed by atoms with Crippen LogP contribution in [0.25, 0.3) is 5.65 Å². The molecule has 0 aliphatic carbocycles. The van der Waals surface area contributed by atoms with Crippen LogP contribution in [0.2, 0.25) is 0 Å². The Morgan fingerprint density at radius 3 is 3.00 bits per heavy atom. The molecule has 6 heteroatoms. The fourth-order valence-electron chi connectivity index (χ4n) is 2.27. The Labute approximate surface area is 108 Å². The van der Waals surface area contributed by atoms with E-state index >= 15 is 0 Å². The molecule has 0 spiro atoms. The average Bonchev–Trinajstić information content (AvgIpc) is 2.85. The quantitative estimate of drug-likeness (QED) is 0.776. The van der Waals surface area contributed by atoms with Gasteiger partial charge in [-0.3, -0.25) is 14.0 Å². The molecule has 19 heavy (non-hydrogen) atoms. The number of hydrogen-bond acceptors (Lipinski definition) is 4. The number of carbonyl (C=O) groups is 1. The Morgan fingerprint density at radius 2 is 2.26 bits per heavy atom. The Balaban J connectivity index is 2.04. The van der Waals surface area contributed by atoms with Gasteiger partial charge in [0.2, 0.25) is 0 Å². The van der Waals surface area contributed by atoms with E-state index in [9.17, 15) is 14.7 Å². The minimum absolute atomic E-state index is 0.0396. The van der Waals surface area contributed by atoms with Crippen LogP contribution in [0.4, 0.5) is 0 Å². The number of amides is 1. The smallest absolute Gasteiger partial charge is 0.270 e. The molecule has 2 aromatic rings. The Bertz CT molecular complexity index is 695. The number of likely N-dealkylation sites (tertiary alicyclic amines) is 1. The van der Waals surface area contributed by atoms with Crippen molar-refractivity contribution < 1.29 is 9.90 Å². The zero-order valence-corrected chi connectivity index (χ0v) is 10.2. The first kappa shape index (κ1) is 11.9. The summed E-state index contributed by atoms with van der Waals surface area (Å²) in [5, 5.41) is 9.44. The summed E-state index contributed by atoms with van der Waals surface area (Å²) in [7, 11) is 0. The Hall–Kier alpha value is -2.21. The highest BCUT2D eigenvalue weighted by Crippen LogP contribution is 2.11. The zero-order chi connectivity index (χ0) is 13.4. The van der Waals surface area contributed by atoms with Gasteiger partial charge in [0.1, 0.15) is 11.2 Å². The maximum Gasteiger partial charge on any atom is 0.270 e. The van der Waals surface area contributed by atoms with E-state index < -0.39 is 6.10 Å². The van der Waals surface area contributed by atoms with Gasteiger partial charge in [-0.25, -0.2) is 4.98 Å². The van der Waals surface area contributed by atoms with Crippen molar-refractivity contribution in [1.82, 2.24) is 14.3 Å². The fraction of sp³-hybridized carbons (Fsp3) is 0.308. The van der Waals surface area contributed by atoms with Crippen LogP contribution in [0.5, 0.6) is 0 Å². The number of nitrogens with zero attached hydrogens (tertiary/aromatic N) is 3. The van der Waals surface area contributed by atoms with E-state index in [2.05, 4.69) is 4.98 Å². The highest BCUT2D eigenvalue weighted by molar-refractivity contribution is 5.94. The lowest BCUT2D eigenvalue weighted by Gasteiger charge is -2.14. The van der Waals surface area contributed by atoms with Gasteiger partial charge in [-0.05, 0) is 18.6 Å². The molecule has 1 N–H and O–H groups in total. The normalized spacial score (nSPS) is 19.0. The van der Waals surface area contributed by atoms with Gasteiger partial charge in [0.25, 0.3) is 11.5 Å². The van der Waals surface area contributed by atoms with Crippen molar-refractivity contribution in [3.63, 3.8) is 0 Å². The maximum absolute atomic E-state index is 12.2. The van der Waals surface area contributed by atoms with Gasteiger partial charge in [0.15, 0.2) is 0 Å². The molecule has 6 nitrogen and oxygen atoms in total. The van der Waals surface area contributed by atoms with Gasteiger partial charge >= 0.3 is 0 Å². The highest BCUT2D eigenvalue weighted by atomic mass is 16.3. The van der Waals surface area contributed by atoms with E-state index in [4.69, 9.17) is 0 Å². The number of carbonyl (C=O) groups excluding carboxylic acids is 1. The van der Waals surface area contributed by atoms with Crippen LogP contribution in [0, 0.1) is 0 Å². The molecule has 3 heterocycles. The van der Waals surface area contributed by atoms with E-state index in [1.807, 2.05) is 0 Å². The number of fused-ring (bicyclic) bond motifs is 1. The largest absolute Gasteiger partial charge is 0.391 e. The molecule has 3 rings (SSSR count). The summed E-state index contributed by atoms with van der Waals surface area (Å²) < 4.78 is 1.35. The molecular formula is C13H13N3O3. The van der Waals surface area contributed by atoms with Crippen molar-refractivity contribution in [2.45, 2.75) is 12.5 Å². The van der Waals surface area contributed by atoms with E-state index in [0.29, 0.717) is 18.6 Å². The van der Waals surface area contributed by atoms with Crippen molar-refractivity contribution in [2.24, 2.45) is 0 Å². The van der Waals surface area contributed by atoms with Crippen LogP contribution < -0.4 is 5.56 Å². The standard InChI is InChI=1S/C13H13N3O3/c17-9-4-6-15(8-9)12(18)10-7-14-11-3-1-2-5-16(11)13(10)19/h1-3,5,7,9,17H,4,6,8H2/t9-/m1/s1. The minimum Gasteiger partial charge on any atom is -0.391 e. The Kier molecular flexibility index (Phi) is 2.79. The van der Waals surface area contributed by atoms with Crippen LogP contribution in [0.15, 0.2) is 35.4 Å². The number of aromatic nitrogens is 2. The first-order chi connectivity index (χ1) is 9.16. The summed E-state index contributed by atoms with van der Waals surface area (Å²) in [6.07, 6.45) is 2.94. The van der Waals surface area contributed by atoms with E-state index in [0.717, 1.165) is 0 Å². The van der Waals surface area contributed by atoms with Crippen molar-refractivity contribution in [3.05, 3.63) is 46.5 Å². The molecule has 0 unspecified atom stereocenters. The molecule has 1 saturated heterocycles. The number of hydrogen-bond donors (Lipinski definition) is 1. The predicted octanol–water partition coefficient (Wildman–Crippen LogP) is -0.0987. The maximum atomic E-state index is 12.2. The fourth-order valence-corrected chi connectivity index (χ4v) is 2.27. The highest BCUT2D eigenvalue weighted by Gasteiger charge is 2.27. The molecule has 0 radical (unpaired) electrons. The molecule has 1 fully saturated rings. The van der Waals surface area contributed by atoms with Gasteiger partial charge < -0.3 is 10.0 Å². The molecule has 0 bridgehead atoms. The van der Waals surface area contributed by atoms with Crippen molar-refractivity contribution in [2.75, 3.05) is 13.1 Å². The van der Waals surface area contributed by atoms with Crippen LogP contribution >= 0.6 is 0 Å². The summed E-state index contributed by atoms with van der Waals surface area (Å²) in [4.78, 5) is 30.0. The van der Waals surface area contributed by atoms with Crippen LogP contribution in [0.3, 0.4) is 0 Å². The predicted molar refractivity (Wildman–Crippen MR) is 68.0 cm³/mol. The van der Waals surface area contributed by atoms with Crippen LogP contribution in [-0.2, 0) is 0 Å². The minimum atomic E-state index is -0.500. The van der Waals surface area contributed by atoms with Gasteiger partial charge in [0.05, 0.1) is 6.10 Å². The SMILES string of the molecule is O=C(c1cnc2ccccn2c1=O)N1CC[C@@H](O)C1. The molecule has 2 aromatic heterocycles. The summed E-state index contributed by atoms with van der Waals surface area (Å²) in [5.74, 6) is -0.368. The van der Waals surface area contributed by atoms with E-state index in [-0.39, 0.29) is 23.6 Å². The third kappa shape index (κ3) is 2.00. The summed E-state index contributed by atoms with van der Waals surface area (Å²) in [6, 6.07) is 5.19. The molecule has 1 aliphatic rings. The second-order valence-electron chi connectivity index (χ2n) is 4.60. The Morgan fingerprint density at radius 1 is 1.42 bits per heavy atom. The lowest BCUT2D eigenvalue weighted by atomic mass is 10.3. The molecule has 98 valence electrons. The average molecular weight is 259 g/mol. The summed E-state index contributed by atoms with van der Waals surface area (Å²) in [5.41, 5.74) is 0.167. The number of aliphatic hydroxyl groups excluding tert-OH is 1. The van der Waals surface area contributed by atoms with Crippen LogP contribution in [-0.4, -0.2) is 44.5 Å². The zero-order valence-electron chi connectivity index (χ0n) is 10.2. The van der Waals surface area contributed by atoms with Crippen molar-refractivity contribution >= 4 is 11.6 Å². The summed E-state index contributed by atoms with van der Waals surface area (Å²) in [6.45, 7) is 0.743. The monoisotopic (exact) mass is 259 g/mol. The van der Waals surface area contributed by atoms with Crippen LogP contribution in [0.1, 0.15) is 16.8 Å². The number of rotatable bonds is 1. The van der Waals surface area contributed by atoms with Gasteiger partial charge in [-0.1, -0.05) is 6.07 Å². The molecule has 1 amide bonds. The molecule has 0 aromatic carbocycles. The van der Waals surface area contributed by atoms with E-state index in [1.165, 1.54) is 15.5 Å². The lowest BCUT2D eigenvalue weighted by molar-refractivity contribution is 0.0762. The second kappa shape index (κ2) is 4.47. The number of aliphatic hydroxyl groups is 1. The van der Waals surface area contributed by atoms with Gasteiger partial charge in [-0.2, -0.15) is 0 Å². The van der Waals surface area contributed by atoms with Gasteiger partial charge in [0, 0.05) is 25.5 Å². The third-order valence-electron chi connectivity index (χ3n) is 3.29. The molecule has 1 aliphatic heterocycles. The van der Waals surface area contributed by atoms with Gasteiger partial charge in [-0.15, -0.1) is 0 Å². The first-order valence-electron chi connectivity index (χ1n) is 6.10. The van der Waals surface area contributed by atoms with E-state index in [1.54, 1.807) is 24.4 Å².